The smallest absolute Gasteiger partial charge is 0.271 e. The number of nitrogens with zero attached hydrogens (tertiary/aromatic N) is 1. The second-order valence-corrected chi connectivity index (χ2v) is 2.40. The molecule has 0 aromatic carbocycles. The monoisotopic (exact) mass is 204 g/mol. The normalized spacial score (nSPS) is 9.71. The van der Waals surface area contributed by atoms with E-state index in [1.54, 1.807) is 13.0 Å². The van der Waals surface area contributed by atoms with Crippen LogP contribution in [0.1, 0.15) is 12.6 Å². The maximum Gasteiger partial charge on any atom is 0.312 e. The zero-order valence-electron chi connectivity index (χ0n) is 7.51. The van der Waals surface area contributed by atoms with Crippen LogP contribution in [0, 0.1) is 0 Å². The van der Waals surface area contributed by atoms with Crippen LogP contribution < -0.4 is 9.57 Å². The summed E-state index contributed by atoms with van der Waals surface area (Å²) < 4.78 is 37.8. The highest BCUT2D eigenvalue weighted by atomic mass is 19.3. The van der Waals surface area contributed by atoms with E-state index in [0.717, 1.165) is 4.73 Å². The predicted octanol–water partition coefficient (Wildman–Crippen LogP) is 1.96. The fourth-order valence-electron chi connectivity index (χ4n) is 0.947. The van der Waals surface area contributed by atoms with Gasteiger partial charge in [-0.2, -0.15) is 13.2 Å². The quantitative estimate of drug-likeness (QED) is 0.686. The highest BCUT2D eigenvalue weighted by molar-refractivity contribution is 5.52. The summed E-state index contributed by atoms with van der Waals surface area (Å²) in [6.45, 7) is 1.94. The van der Waals surface area contributed by atoms with Crippen LogP contribution >= 0.6 is 0 Å². The number of hydrogen-bond acceptors (Lipinski definition) is 1. The van der Waals surface area contributed by atoms with Crippen LogP contribution in [0.3, 0.4) is 0 Å². The minimum atomic E-state index is -2.36. The Morgan fingerprint density at radius 3 is 2.64 bits per heavy atom. The molecule has 0 amide bonds. The van der Waals surface area contributed by atoms with Gasteiger partial charge in [0.15, 0.2) is 6.61 Å². The van der Waals surface area contributed by atoms with Crippen molar-refractivity contribution in [1.29, 1.82) is 0 Å². The van der Waals surface area contributed by atoms with Gasteiger partial charge in [-0.3, -0.25) is 4.84 Å². The molecule has 0 aliphatic rings. The molecule has 0 spiro atoms. The summed E-state index contributed by atoms with van der Waals surface area (Å²) in [5.74, 6) is -1.57. The third-order valence-electron chi connectivity index (χ3n) is 1.48. The Labute approximate surface area is 79.2 Å². The second kappa shape index (κ2) is 4.64. The highest BCUT2D eigenvalue weighted by Crippen LogP contribution is 2.18. The Morgan fingerprint density at radius 1 is 1.36 bits per heavy atom. The van der Waals surface area contributed by atoms with Crippen molar-refractivity contribution >= 4 is 5.83 Å². The molecule has 76 valence electrons. The summed E-state index contributed by atoms with van der Waals surface area (Å²) in [5.41, 5.74) is -0.297. The van der Waals surface area contributed by atoms with Gasteiger partial charge in [0.1, 0.15) is 0 Å². The van der Waals surface area contributed by atoms with Crippen LogP contribution in [-0.2, 0) is 0 Å². The number of pyridine rings is 1. The number of aromatic nitrogens is 1. The number of hydrogen-bond donors (Lipinski definition) is 0. The summed E-state index contributed by atoms with van der Waals surface area (Å²) >= 11 is 0. The summed E-state index contributed by atoms with van der Waals surface area (Å²) in [6.07, 6.45) is -0.994. The molecule has 0 aliphatic carbocycles. The number of halogens is 3. The van der Waals surface area contributed by atoms with Crippen molar-refractivity contribution in [2.24, 2.45) is 0 Å². The minimum absolute atomic E-state index is 0.267. The van der Waals surface area contributed by atoms with E-state index >= 15 is 0 Å². The molecule has 0 aliphatic heterocycles. The molecule has 0 radical (unpaired) electrons. The van der Waals surface area contributed by atoms with Gasteiger partial charge in [0, 0.05) is 16.9 Å². The first-order valence-electron chi connectivity index (χ1n) is 4.02. The Kier molecular flexibility index (Phi) is 3.50. The number of rotatable bonds is 3. The molecule has 2 nitrogen and oxygen atoms in total. The van der Waals surface area contributed by atoms with Crippen molar-refractivity contribution in [3.63, 3.8) is 0 Å². The van der Waals surface area contributed by atoms with E-state index in [1.165, 1.54) is 18.3 Å². The van der Waals surface area contributed by atoms with Gasteiger partial charge in [0.2, 0.25) is 6.20 Å². The van der Waals surface area contributed by atoms with Crippen molar-refractivity contribution in [3.05, 3.63) is 36.2 Å². The molecule has 14 heavy (non-hydrogen) atoms. The van der Waals surface area contributed by atoms with Crippen LogP contribution in [0.2, 0.25) is 0 Å². The SMILES string of the molecule is CCO[n+]1ccccc1C(F)=C(F)F. The minimum Gasteiger partial charge on any atom is -0.271 e. The molecule has 1 heterocycles. The maximum atomic E-state index is 12.9. The Hall–Kier alpha value is -1.52. The molecule has 0 atom stereocenters. The van der Waals surface area contributed by atoms with Crippen molar-refractivity contribution < 1.29 is 22.7 Å². The van der Waals surface area contributed by atoms with Gasteiger partial charge in [0.05, 0.1) is 0 Å². The molecule has 0 fully saturated rings. The first-order chi connectivity index (χ1) is 6.66. The molecular weight excluding hydrogens is 195 g/mol. The molecule has 0 bridgehead atoms. The Balaban J connectivity index is 3.13. The summed E-state index contributed by atoms with van der Waals surface area (Å²) in [6, 6.07) is 4.22. The molecule has 0 saturated carbocycles. The van der Waals surface area contributed by atoms with Crippen LogP contribution in [-0.4, -0.2) is 6.61 Å². The molecule has 1 aromatic heterocycles. The van der Waals surface area contributed by atoms with Gasteiger partial charge in [-0.15, -0.1) is 0 Å². The fraction of sp³-hybridized carbons (Fsp3) is 0.222. The Bertz CT molecular complexity index is 348. The molecule has 0 unspecified atom stereocenters. The average Bonchev–Trinajstić information content (AvgIpc) is 2.18. The zero-order chi connectivity index (χ0) is 10.6. The second-order valence-electron chi connectivity index (χ2n) is 2.40. The lowest BCUT2D eigenvalue weighted by atomic mass is 10.3. The summed E-state index contributed by atoms with van der Waals surface area (Å²) in [5, 5.41) is 0. The molecular formula is C9H9F3NO+. The predicted molar refractivity (Wildman–Crippen MR) is 44.0 cm³/mol. The lowest BCUT2D eigenvalue weighted by molar-refractivity contribution is -0.892. The van der Waals surface area contributed by atoms with Crippen LogP contribution in [0.25, 0.3) is 5.83 Å². The van der Waals surface area contributed by atoms with Crippen molar-refractivity contribution in [3.8, 4) is 0 Å². The van der Waals surface area contributed by atoms with Crippen LogP contribution in [0.4, 0.5) is 13.2 Å². The third-order valence-corrected chi connectivity index (χ3v) is 1.48. The molecule has 0 N–H and O–H groups in total. The fourth-order valence-corrected chi connectivity index (χ4v) is 0.947. The lowest BCUT2D eigenvalue weighted by Gasteiger charge is -1.98. The van der Waals surface area contributed by atoms with E-state index in [-0.39, 0.29) is 12.3 Å². The average molecular weight is 204 g/mol. The zero-order valence-corrected chi connectivity index (χ0v) is 7.51. The molecule has 1 aromatic rings. The lowest BCUT2D eigenvalue weighted by Crippen LogP contribution is -2.45. The van der Waals surface area contributed by atoms with E-state index < -0.39 is 11.9 Å². The highest BCUT2D eigenvalue weighted by Gasteiger charge is 2.21. The largest absolute Gasteiger partial charge is 0.312 e. The third kappa shape index (κ3) is 2.25. The maximum absolute atomic E-state index is 12.9. The van der Waals surface area contributed by atoms with Gasteiger partial charge in [-0.25, -0.2) is 0 Å². The Morgan fingerprint density at radius 2 is 2.07 bits per heavy atom. The van der Waals surface area contributed by atoms with Crippen molar-refractivity contribution in [2.75, 3.05) is 6.61 Å². The van der Waals surface area contributed by atoms with E-state index in [1.807, 2.05) is 0 Å². The van der Waals surface area contributed by atoms with E-state index in [9.17, 15) is 13.2 Å². The first-order valence-corrected chi connectivity index (χ1v) is 4.02. The van der Waals surface area contributed by atoms with E-state index in [0.29, 0.717) is 0 Å². The molecule has 1 rings (SSSR count). The van der Waals surface area contributed by atoms with E-state index in [4.69, 9.17) is 4.84 Å². The topological polar surface area (TPSA) is 13.1 Å². The first kappa shape index (κ1) is 10.6. The molecule has 5 heteroatoms. The van der Waals surface area contributed by atoms with Gasteiger partial charge in [-0.05, 0) is 13.0 Å². The van der Waals surface area contributed by atoms with E-state index in [2.05, 4.69) is 0 Å². The van der Waals surface area contributed by atoms with Gasteiger partial charge >= 0.3 is 6.08 Å². The van der Waals surface area contributed by atoms with Gasteiger partial charge in [0.25, 0.3) is 11.5 Å². The standard InChI is InChI=1S/C9H9F3NO/c1-2-14-13-6-4-3-5-7(13)8(10)9(11)12/h3-6H,2H2,1H3/q+1. The summed E-state index contributed by atoms with van der Waals surface area (Å²) in [4.78, 5) is 4.92. The van der Waals surface area contributed by atoms with Crippen molar-refractivity contribution in [1.82, 2.24) is 0 Å². The van der Waals surface area contributed by atoms with Crippen LogP contribution in [0.15, 0.2) is 30.5 Å². The van der Waals surface area contributed by atoms with Crippen molar-refractivity contribution in [2.45, 2.75) is 6.92 Å². The van der Waals surface area contributed by atoms with Crippen LogP contribution in [0.5, 0.6) is 0 Å². The molecule has 0 saturated heterocycles. The summed E-state index contributed by atoms with van der Waals surface area (Å²) in [7, 11) is 0. The van der Waals surface area contributed by atoms with Gasteiger partial charge in [-0.1, -0.05) is 0 Å². The van der Waals surface area contributed by atoms with Gasteiger partial charge < -0.3 is 0 Å².